The molecule has 48 heavy (non-hydrogen) atoms. The van der Waals surface area contributed by atoms with Gasteiger partial charge in [-0.05, 0) is 12.8 Å². The Morgan fingerprint density at radius 3 is 1.38 bits per heavy atom. The molecule has 8 atom stereocenters. The number of carbonyl (C=O) groups excluding carboxylic acids is 2. The predicted octanol–water partition coefficient (Wildman–Crippen LogP) is 4.99. The maximum absolute atomic E-state index is 12.7. The lowest BCUT2D eigenvalue weighted by Gasteiger charge is -2.41. The molecule has 1 fully saturated rings. The van der Waals surface area contributed by atoms with Gasteiger partial charge in [-0.15, -0.1) is 0 Å². The van der Waals surface area contributed by atoms with Crippen LogP contribution in [0, 0.1) is 0 Å². The number of hydrogen-bond acceptors (Lipinski definition) is 12. The quantitative estimate of drug-likeness (QED) is 0.0343. The van der Waals surface area contributed by atoms with Gasteiger partial charge in [0.2, 0.25) is 0 Å². The van der Waals surface area contributed by atoms with Crippen LogP contribution in [0.5, 0.6) is 0 Å². The van der Waals surface area contributed by atoms with Crippen LogP contribution in [0.3, 0.4) is 0 Å². The molecule has 0 spiro atoms. The number of unbranched alkanes of at least 4 members (excludes halogenated alkanes) is 17. The Bertz CT molecular complexity index is 875. The largest absolute Gasteiger partial charge is 0.472 e. The first-order chi connectivity index (χ1) is 22.9. The third-order valence-electron chi connectivity index (χ3n) is 8.70. The molecule has 0 aliphatic heterocycles. The van der Waals surface area contributed by atoms with Gasteiger partial charge in [0.1, 0.15) is 43.2 Å². The molecule has 1 aliphatic rings. The van der Waals surface area contributed by atoms with Gasteiger partial charge in [0.25, 0.3) is 0 Å². The number of hydrogen-bond donors (Lipinski definition) is 6. The first kappa shape index (κ1) is 44.9. The van der Waals surface area contributed by atoms with E-state index in [1.807, 2.05) is 0 Å². The van der Waals surface area contributed by atoms with Gasteiger partial charge in [-0.25, -0.2) is 4.57 Å². The highest BCUT2D eigenvalue weighted by Gasteiger charge is 2.51. The Balaban J connectivity index is 2.57. The van der Waals surface area contributed by atoms with E-state index in [0.29, 0.717) is 12.8 Å². The lowest BCUT2D eigenvalue weighted by molar-refractivity contribution is -0.220. The van der Waals surface area contributed by atoms with Crippen LogP contribution < -0.4 is 0 Å². The average Bonchev–Trinajstić information content (AvgIpc) is 3.06. The van der Waals surface area contributed by atoms with E-state index in [9.17, 15) is 44.6 Å². The molecule has 0 saturated heterocycles. The van der Waals surface area contributed by atoms with Crippen molar-refractivity contribution in [1.82, 2.24) is 0 Å². The number of carbonyl (C=O) groups is 2. The number of phosphoric acid groups is 1. The molecule has 0 aromatic heterocycles. The van der Waals surface area contributed by atoms with Gasteiger partial charge in [0.05, 0.1) is 6.61 Å². The maximum Gasteiger partial charge on any atom is 0.472 e. The van der Waals surface area contributed by atoms with Crippen LogP contribution in [0.1, 0.15) is 149 Å². The smallest absolute Gasteiger partial charge is 0.462 e. The van der Waals surface area contributed by atoms with Crippen LogP contribution in [-0.2, 0) is 32.7 Å². The highest BCUT2D eigenvalue weighted by Crippen LogP contribution is 2.47. The number of ether oxygens (including phenoxy) is 2. The first-order valence-corrected chi connectivity index (χ1v) is 19.8. The third-order valence-corrected chi connectivity index (χ3v) is 9.68. The van der Waals surface area contributed by atoms with Gasteiger partial charge < -0.3 is 39.9 Å². The van der Waals surface area contributed by atoms with E-state index in [1.165, 1.54) is 64.2 Å². The third kappa shape index (κ3) is 19.9. The van der Waals surface area contributed by atoms with Gasteiger partial charge in [-0.2, -0.15) is 0 Å². The molecule has 1 aliphatic carbocycles. The second-order valence-electron chi connectivity index (χ2n) is 13.1. The Morgan fingerprint density at radius 2 is 0.938 bits per heavy atom. The van der Waals surface area contributed by atoms with Gasteiger partial charge in [0.15, 0.2) is 6.10 Å². The van der Waals surface area contributed by atoms with Crippen molar-refractivity contribution in [2.24, 2.45) is 0 Å². The molecule has 1 rings (SSSR count). The summed E-state index contributed by atoms with van der Waals surface area (Å²) in [6.45, 7) is 3.21. The van der Waals surface area contributed by atoms with Crippen LogP contribution >= 0.6 is 7.82 Å². The van der Waals surface area contributed by atoms with Crippen LogP contribution in [-0.4, -0.2) is 98.3 Å². The van der Waals surface area contributed by atoms with Crippen molar-refractivity contribution in [3.63, 3.8) is 0 Å². The summed E-state index contributed by atoms with van der Waals surface area (Å²) in [6, 6.07) is 0. The summed E-state index contributed by atoms with van der Waals surface area (Å²) < 4.78 is 33.2. The molecular formula is C34H65O13P. The van der Waals surface area contributed by atoms with Crippen molar-refractivity contribution in [3.05, 3.63) is 0 Å². The van der Waals surface area contributed by atoms with Crippen LogP contribution in [0.25, 0.3) is 0 Å². The van der Waals surface area contributed by atoms with Gasteiger partial charge in [-0.3, -0.25) is 18.6 Å². The second kappa shape index (κ2) is 26.6. The lowest BCUT2D eigenvalue weighted by atomic mass is 9.85. The van der Waals surface area contributed by atoms with Crippen LogP contribution in [0.2, 0.25) is 0 Å². The Hall–Kier alpha value is -1.15. The van der Waals surface area contributed by atoms with Crippen molar-refractivity contribution in [2.45, 2.75) is 191 Å². The van der Waals surface area contributed by atoms with E-state index in [0.717, 1.165) is 44.9 Å². The Morgan fingerprint density at radius 1 is 0.562 bits per heavy atom. The molecule has 1 saturated carbocycles. The van der Waals surface area contributed by atoms with Crippen molar-refractivity contribution in [3.8, 4) is 0 Å². The fourth-order valence-corrected chi connectivity index (χ4v) is 6.61. The molecule has 0 heterocycles. The SMILES string of the molecule is CCCCCCCCCCCCC(=O)OC[C@H](COP(=O)(O)OC1C(O)C(O)C(O)[C@@H](O)C1O)OC(=O)CCCCCCCCCCC. The molecule has 13 nitrogen and oxygen atoms in total. The standard InChI is InChI=1S/C34H65O13P/c1-3-5-7-9-11-13-15-16-18-20-22-27(35)44-24-26(46-28(36)23-21-19-17-14-12-10-8-6-4-2)25-45-48(42,43)47-34-32(40)30(38)29(37)31(39)33(34)41/h26,29-34,37-41H,3-25H2,1-2H3,(H,42,43)/t26-,29?,30-,31?,32?,33?,34?/m1/s1. The highest BCUT2D eigenvalue weighted by atomic mass is 31.2. The normalized spacial score (nSPS) is 24.6. The Kier molecular flexibility index (Phi) is 24.9. The summed E-state index contributed by atoms with van der Waals surface area (Å²) in [4.78, 5) is 35.2. The summed E-state index contributed by atoms with van der Waals surface area (Å²) >= 11 is 0. The number of aliphatic hydroxyl groups is 5. The zero-order valence-electron chi connectivity index (χ0n) is 29.3. The van der Waals surface area contributed by atoms with Crippen LogP contribution in [0.15, 0.2) is 0 Å². The van der Waals surface area contributed by atoms with E-state index in [4.69, 9.17) is 18.5 Å². The van der Waals surface area contributed by atoms with E-state index < -0.39 is 75.7 Å². The monoisotopic (exact) mass is 712 g/mol. The van der Waals surface area contributed by atoms with Gasteiger partial charge in [0, 0.05) is 12.8 Å². The molecule has 6 N–H and O–H groups in total. The summed E-state index contributed by atoms with van der Waals surface area (Å²) in [6.07, 6.45) is 7.77. The van der Waals surface area contributed by atoms with Gasteiger partial charge in [-0.1, -0.05) is 123 Å². The average molecular weight is 713 g/mol. The first-order valence-electron chi connectivity index (χ1n) is 18.3. The number of aliphatic hydroxyl groups excluding tert-OH is 5. The molecule has 6 unspecified atom stereocenters. The minimum atomic E-state index is -5.09. The minimum absolute atomic E-state index is 0.102. The van der Waals surface area contributed by atoms with E-state index in [2.05, 4.69) is 13.8 Å². The zero-order valence-corrected chi connectivity index (χ0v) is 30.2. The Labute approximate surface area is 287 Å². The van der Waals surface area contributed by atoms with Crippen molar-refractivity contribution in [1.29, 1.82) is 0 Å². The summed E-state index contributed by atoms with van der Waals surface area (Å²) in [5, 5.41) is 49.8. The molecule has 0 radical (unpaired) electrons. The highest BCUT2D eigenvalue weighted by molar-refractivity contribution is 7.47. The fraction of sp³-hybridized carbons (Fsp3) is 0.941. The fourth-order valence-electron chi connectivity index (χ4n) is 5.64. The lowest BCUT2D eigenvalue weighted by Crippen LogP contribution is -2.64. The summed E-state index contributed by atoms with van der Waals surface area (Å²) in [5.74, 6) is -1.10. The topological polar surface area (TPSA) is 210 Å². The second-order valence-corrected chi connectivity index (χ2v) is 14.5. The van der Waals surface area contributed by atoms with E-state index >= 15 is 0 Å². The molecule has 0 bridgehead atoms. The zero-order chi connectivity index (χ0) is 35.8. The van der Waals surface area contributed by atoms with Crippen molar-refractivity contribution in [2.75, 3.05) is 13.2 Å². The molecule has 284 valence electrons. The number of phosphoric ester groups is 1. The predicted molar refractivity (Wildman–Crippen MR) is 180 cm³/mol. The van der Waals surface area contributed by atoms with Gasteiger partial charge >= 0.3 is 19.8 Å². The molecular weight excluding hydrogens is 647 g/mol. The van der Waals surface area contributed by atoms with E-state index in [-0.39, 0.29) is 12.8 Å². The summed E-state index contributed by atoms with van der Waals surface area (Å²) in [7, 11) is -5.09. The number of esters is 2. The number of rotatable bonds is 29. The van der Waals surface area contributed by atoms with E-state index in [1.54, 1.807) is 0 Å². The van der Waals surface area contributed by atoms with Crippen molar-refractivity contribution >= 4 is 19.8 Å². The minimum Gasteiger partial charge on any atom is -0.462 e. The maximum atomic E-state index is 12.7. The molecule has 0 aromatic carbocycles. The molecule has 14 heteroatoms. The summed E-state index contributed by atoms with van der Waals surface area (Å²) in [5.41, 5.74) is 0. The van der Waals surface area contributed by atoms with Crippen LogP contribution in [0.4, 0.5) is 0 Å². The molecule has 0 amide bonds. The molecule has 0 aromatic rings. The van der Waals surface area contributed by atoms with Crippen molar-refractivity contribution < 1.29 is 63.1 Å².